The molecule has 0 atom stereocenters. The van der Waals surface area contributed by atoms with E-state index < -0.39 is 0 Å². The van der Waals surface area contributed by atoms with Crippen LogP contribution in [0.25, 0.3) is 5.57 Å². The van der Waals surface area contributed by atoms with Crippen molar-refractivity contribution in [2.45, 2.75) is 26.7 Å². The molecule has 0 amide bonds. The molecule has 20 heavy (non-hydrogen) atoms. The molecule has 2 N–H and O–H groups in total. The van der Waals surface area contributed by atoms with Gasteiger partial charge in [-0.2, -0.15) is 0 Å². The summed E-state index contributed by atoms with van der Waals surface area (Å²) >= 11 is 0. The van der Waals surface area contributed by atoms with Crippen LogP contribution < -0.4 is 5.73 Å². The maximum absolute atomic E-state index is 5.70. The van der Waals surface area contributed by atoms with E-state index in [4.69, 9.17) is 5.73 Å². The predicted octanol–water partition coefficient (Wildman–Crippen LogP) is 4.34. The average molecular weight is 265 g/mol. The lowest BCUT2D eigenvalue weighted by Crippen LogP contribution is -2.00. The standard InChI is InChI=1S/C19H23N/c1-3-16-10-5-7-12-18(16)19(13-8-14-20)17-11-6-4-9-15(17)2/h4-7,9-13H,3,8,14,20H2,1-2H3. The molecule has 0 aliphatic heterocycles. The Morgan fingerprint density at radius 2 is 1.65 bits per heavy atom. The van der Waals surface area contributed by atoms with Gasteiger partial charge in [0.05, 0.1) is 0 Å². The highest BCUT2D eigenvalue weighted by molar-refractivity contribution is 5.82. The first-order valence-corrected chi connectivity index (χ1v) is 7.32. The maximum Gasteiger partial charge on any atom is -0.00423 e. The lowest BCUT2D eigenvalue weighted by Gasteiger charge is -2.15. The highest BCUT2D eigenvalue weighted by Crippen LogP contribution is 2.29. The summed E-state index contributed by atoms with van der Waals surface area (Å²) < 4.78 is 0. The second kappa shape index (κ2) is 7.06. The minimum atomic E-state index is 0.684. The van der Waals surface area contributed by atoms with Gasteiger partial charge in [-0.3, -0.25) is 0 Å². The van der Waals surface area contributed by atoms with Crippen molar-refractivity contribution < 1.29 is 0 Å². The zero-order chi connectivity index (χ0) is 14.4. The highest BCUT2D eigenvalue weighted by Gasteiger charge is 2.10. The summed E-state index contributed by atoms with van der Waals surface area (Å²) in [5, 5.41) is 0. The zero-order valence-corrected chi connectivity index (χ0v) is 12.4. The summed E-state index contributed by atoms with van der Waals surface area (Å²) in [6, 6.07) is 17.2. The summed E-state index contributed by atoms with van der Waals surface area (Å²) in [4.78, 5) is 0. The van der Waals surface area contributed by atoms with Gasteiger partial charge in [-0.25, -0.2) is 0 Å². The minimum Gasteiger partial charge on any atom is -0.330 e. The van der Waals surface area contributed by atoms with Crippen LogP contribution in [0.15, 0.2) is 54.6 Å². The van der Waals surface area contributed by atoms with Crippen LogP contribution in [-0.2, 0) is 6.42 Å². The smallest absolute Gasteiger partial charge is 0.00423 e. The highest BCUT2D eigenvalue weighted by atomic mass is 14.5. The SMILES string of the molecule is CCc1ccccc1C(=CCCN)c1ccccc1C. The van der Waals surface area contributed by atoms with Gasteiger partial charge in [-0.05, 0) is 54.1 Å². The Bertz CT molecular complexity index is 596. The third-order valence-corrected chi connectivity index (χ3v) is 3.64. The first kappa shape index (κ1) is 14.5. The van der Waals surface area contributed by atoms with Crippen molar-refractivity contribution in [2.75, 3.05) is 6.54 Å². The molecule has 0 aliphatic carbocycles. The van der Waals surface area contributed by atoms with E-state index in [9.17, 15) is 0 Å². The second-order valence-corrected chi connectivity index (χ2v) is 5.02. The lowest BCUT2D eigenvalue weighted by atomic mass is 9.90. The molecule has 104 valence electrons. The van der Waals surface area contributed by atoms with Gasteiger partial charge in [0.1, 0.15) is 0 Å². The van der Waals surface area contributed by atoms with Gasteiger partial charge >= 0.3 is 0 Å². The number of hydrogen-bond donors (Lipinski definition) is 1. The van der Waals surface area contributed by atoms with E-state index in [0.717, 1.165) is 12.8 Å². The van der Waals surface area contributed by atoms with Crippen LogP contribution in [0.4, 0.5) is 0 Å². The monoisotopic (exact) mass is 265 g/mol. The Morgan fingerprint density at radius 1 is 1.00 bits per heavy atom. The minimum absolute atomic E-state index is 0.684. The zero-order valence-electron chi connectivity index (χ0n) is 12.4. The van der Waals surface area contributed by atoms with Gasteiger partial charge in [0, 0.05) is 0 Å². The molecule has 0 saturated carbocycles. The Morgan fingerprint density at radius 3 is 2.30 bits per heavy atom. The quantitative estimate of drug-likeness (QED) is 0.855. The number of benzene rings is 2. The molecule has 0 saturated heterocycles. The van der Waals surface area contributed by atoms with Crippen molar-refractivity contribution in [3.05, 3.63) is 76.9 Å². The maximum atomic E-state index is 5.70. The van der Waals surface area contributed by atoms with Crippen molar-refractivity contribution in [3.63, 3.8) is 0 Å². The molecule has 0 spiro atoms. The molecule has 1 heteroatoms. The Hall–Kier alpha value is -1.86. The third-order valence-electron chi connectivity index (χ3n) is 3.64. The van der Waals surface area contributed by atoms with Crippen LogP contribution in [0.2, 0.25) is 0 Å². The summed E-state index contributed by atoms with van der Waals surface area (Å²) in [5.74, 6) is 0. The molecule has 0 aromatic heterocycles. The first-order valence-electron chi connectivity index (χ1n) is 7.32. The third kappa shape index (κ3) is 3.17. The lowest BCUT2D eigenvalue weighted by molar-refractivity contribution is 1.01. The fourth-order valence-corrected chi connectivity index (χ4v) is 2.56. The van der Waals surface area contributed by atoms with Crippen LogP contribution in [0.3, 0.4) is 0 Å². The molecule has 0 bridgehead atoms. The summed E-state index contributed by atoms with van der Waals surface area (Å²) in [6.45, 7) is 5.06. The number of hydrogen-bond acceptors (Lipinski definition) is 1. The molecular formula is C19H23N. The molecule has 0 heterocycles. The molecule has 2 aromatic carbocycles. The van der Waals surface area contributed by atoms with Crippen LogP contribution in [0.1, 0.15) is 35.6 Å². The Kier molecular flexibility index (Phi) is 5.14. The van der Waals surface area contributed by atoms with Crippen LogP contribution in [0, 0.1) is 6.92 Å². The van der Waals surface area contributed by atoms with E-state index in [1.807, 2.05) is 0 Å². The summed E-state index contributed by atoms with van der Waals surface area (Å²) in [5.41, 5.74) is 12.3. The normalized spacial score (nSPS) is 11.7. The average Bonchev–Trinajstić information content (AvgIpc) is 2.49. The van der Waals surface area contributed by atoms with Gasteiger partial charge in [-0.1, -0.05) is 61.5 Å². The van der Waals surface area contributed by atoms with E-state index in [0.29, 0.717) is 6.54 Å². The fourth-order valence-electron chi connectivity index (χ4n) is 2.56. The van der Waals surface area contributed by atoms with Crippen molar-refractivity contribution in [3.8, 4) is 0 Å². The number of aryl methyl sites for hydroxylation is 2. The largest absolute Gasteiger partial charge is 0.330 e. The molecule has 0 unspecified atom stereocenters. The van der Waals surface area contributed by atoms with Crippen LogP contribution in [0.5, 0.6) is 0 Å². The van der Waals surface area contributed by atoms with Crippen molar-refractivity contribution in [1.29, 1.82) is 0 Å². The summed E-state index contributed by atoms with van der Waals surface area (Å²) in [6.07, 6.45) is 4.22. The molecule has 0 aliphatic rings. The van der Waals surface area contributed by atoms with Gasteiger partial charge < -0.3 is 5.73 Å². The molecule has 1 nitrogen and oxygen atoms in total. The van der Waals surface area contributed by atoms with Crippen LogP contribution in [-0.4, -0.2) is 6.54 Å². The van der Waals surface area contributed by atoms with E-state index in [1.165, 1.54) is 27.8 Å². The van der Waals surface area contributed by atoms with Gasteiger partial charge in [-0.15, -0.1) is 0 Å². The Labute approximate surface area is 122 Å². The Balaban J connectivity index is 2.57. The van der Waals surface area contributed by atoms with E-state index >= 15 is 0 Å². The van der Waals surface area contributed by atoms with E-state index in [-0.39, 0.29) is 0 Å². The topological polar surface area (TPSA) is 26.0 Å². The van der Waals surface area contributed by atoms with Crippen molar-refractivity contribution in [2.24, 2.45) is 5.73 Å². The van der Waals surface area contributed by atoms with Crippen molar-refractivity contribution in [1.82, 2.24) is 0 Å². The fraction of sp³-hybridized carbons (Fsp3) is 0.263. The van der Waals surface area contributed by atoms with Gasteiger partial charge in [0.15, 0.2) is 0 Å². The van der Waals surface area contributed by atoms with Gasteiger partial charge in [0.2, 0.25) is 0 Å². The molecule has 2 aromatic rings. The van der Waals surface area contributed by atoms with E-state index in [2.05, 4.69) is 68.5 Å². The molecule has 0 radical (unpaired) electrons. The number of rotatable bonds is 5. The van der Waals surface area contributed by atoms with Gasteiger partial charge in [0.25, 0.3) is 0 Å². The predicted molar refractivity (Wildman–Crippen MR) is 87.7 cm³/mol. The summed E-state index contributed by atoms with van der Waals surface area (Å²) in [7, 11) is 0. The first-order chi connectivity index (χ1) is 9.77. The molecule has 2 rings (SSSR count). The van der Waals surface area contributed by atoms with E-state index in [1.54, 1.807) is 0 Å². The molecule has 0 fully saturated rings. The second-order valence-electron chi connectivity index (χ2n) is 5.02. The molecular weight excluding hydrogens is 242 g/mol. The van der Waals surface area contributed by atoms with Crippen LogP contribution >= 0.6 is 0 Å². The number of nitrogens with two attached hydrogens (primary N) is 1. The van der Waals surface area contributed by atoms with Crippen molar-refractivity contribution >= 4 is 5.57 Å².